The molecular weight excluding hydrogens is 218 g/mol. The van der Waals surface area contributed by atoms with Gasteiger partial charge in [-0.05, 0) is 12.1 Å². The number of fused-ring (bicyclic) bond motifs is 1. The van der Waals surface area contributed by atoms with Crippen molar-refractivity contribution in [1.29, 1.82) is 0 Å². The molecule has 86 valence electrons. The Balaban J connectivity index is 2.31. The summed E-state index contributed by atoms with van der Waals surface area (Å²) < 4.78 is 5.39. The highest BCUT2D eigenvalue weighted by atomic mass is 16.3. The fourth-order valence-corrected chi connectivity index (χ4v) is 1.66. The van der Waals surface area contributed by atoms with E-state index in [1.165, 1.54) is 0 Å². The van der Waals surface area contributed by atoms with E-state index in [4.69, 9.17) is 4.42 Å². The van der Waals surface area contributed by atoms with Crippen LogP contribution in [0, 0.1) is 0 Å². The predicted octanol–water partition coefficient (Wildman–Crippen LogP) is 1.10. The first-order valence-corrected chi connectivity index (χ1v) is 5.23. The molecule has 3 aromatic heterocycles. The van der Waals surface area contributed by atoms with Crippen molar-refractivity contribution in [1.82, 2.24) is 15.0 Å². The first-order valence-electron chi connectivity index (χ1n) is 5.23. The molecule has 0 amide bonds. The Morgan fingerprint density at radius 3 is 2.94 bits per heavy atom. The van der Waals surface area contributed by atoms with E-state index in [1.54, 1.807) is 12.6 Å². The van der Waals surface area contributed by atoms with Crippen molar-refractivity contribution in [2.45, 2.75) is 0 Å². The molecule has 0 saturated carbocycles. The second-order valence-electron chi connectivity index (χ2n) is 3.90. The van der Waals surface area contributed by atoms with Crippen LogP contribution in [-0.4, -0.2) is 29.0 Å². The Morgan fingerprint density at radius 2 is 2.24 bits per heavy atom. The Hall–Kier alpha value is -2.37. The third-order valence-electron chi connectivity index (χ3n) is 2.48. The predicted molar refractivity (Wildman–Crippen MR) is 62.5 cm³/mol. The fourth-order valence-electron chi connectivity index (χ4n) is 1.66. The van der Waals surface area contributed by atoms with Gasteiger partial charge in [-0.3, -0.25) is 4.98 Å². The van der Waals surface area contributed by atoms with Crippen LogP contribution < -0.4 is 9.88 Å². The average molecular weight is 230 g/mol. The molecule has 0 bridgehead atoms. The first kappa shape index (κ1) is 9.83. The molecule has 2 N–H and O–H groups in total. The summed E-state index contributed by atoms with van der Waals surface area (Å²) >= 11 is 0. The van der Waals surface area contributed by atoms with Crippen LogP contribution in [0.4, 0.5) is 5.95 Å². The minimum Gasteiger partial charge on any atom is -0.463 e. The first-order chi connectivity index (χ1) is 8.25. The van der Waals surface area contributed by atoms with Gasteiger partial charge < -0.3 is 9.32 Å². The quantitative estimate of drug-likeness (QED) is 0.715. The molecule has 3 heterocycles. The lowest BCUT2D eigenvalue weighted by Crippen LogP contribution is -2.14. The van der Waals surface area contributed by atoms with Gasteiger partial charge in [0.05, 0.1) is 6.26 Å². The van der Waals surface area contributed by atoms with Gasteiger partial charge in [0, 0.05) is 14.1 Å². The molecule has 0 aromatic carbocycles. The zero-order valence-corrected chi connectivity index (χ0v) is 9.56. The highest BCUT2D eigenvalue weighted by molar-refractivity contribution is 5.84. The molecule has 17 heavy (non-hydrogen) atoms. The van der Waals surface area contributed by atoms with E-state index >= 15 is 0 Å². The summed E-state index contributed by atoms with van der Waals surface area (Å²) in [5.74, 6) is 1.36. The van der Waals surface area contributed by atoms with Crippen LogP contribution in [0.3, 0.4) is 0 Å². The average Bonchev–Trinajstić information content (AvgIpc) is 2.98. The minimum absolute atomic E-state index is 0.639. The highest BCUT2D eigenvalue weighted by Crippen LogP contribution is 2.24. The van der Waals surface area contributed by atoms with Gasteiger partial charge in [-0.25, -0.2) is 4.98 Å². The highest BCUT2D eigenvalue weighted by Gasteiger charge is 2.19. The van der Waals surface area contributed by atoms with Crippen molar-refractivity contribution >= 4 is 17.1 Å². The van der Waals surface area contributed by atoms with Crippen LogP contribution in [0.5, 0.6) is 0 Å². The molecule has 6 nitrogen and oxygen atoms in total. The van der Waals surface area contributed by atoms with Gasteiger partial charge in [-0.1, -0.05) is 4.98 Å². The van der Waals surface area contributed by atoms with Crippen LogP contribution in [0.2, 0.25) is 0 Å². The Bertz CT molecular complexity index is 641. The van der Waals surface area contributed by atoms with E-state index in [2.05, 4.69) is 19.9 Å². The van der Waals surface area contributed by atoms with Gasteiger partial charge in [-0.15, -0.1) is 0 Å². The second kappa shape index (κ2) is 3.58. The number of H-pyrrole nitrogens is 2. The zero-order valence-electron chi connectivity index (χ0n) is 9.56. The lowest BCUT2D eigenvalue weighted by atomic mass is 10.3. The Morgan fingerprint density at radius 1 is 1.35 bits per heavy atom. The van der Waals surface area contributed by atoms with Gasteiger partial charge in [0.2, 0.25) is 5.52 Å². The summed E-state index contributed by atoms with van der Waals surface area (Å²) in [4.78, 5) is 16.9. The molecule has 0 atom stereocenters. The lowest BCUT2D eigenvalue weighted by Gasteiger charge is -2.06. The summed E-state index contributed by atoms with van der Waals surface area (Å²) in [7, 11) is 3.81. The molecular formula is C11H12N5O+. The van der Waals surface area contributed by atoms with Crippen molar-refractivity contribution < 1.29 is 9.40 Å². The molecule has 3 rings (SSSR count). The molecule has 0 saturated heterocycles. The smallest absolute Gasteiger partial charge is 0.305 e. The number of imidazole rings is 1. The summed E-state index contributed by atoms with van der Waals surface area (Å²) in [5, 5.41) is 0. The minimum atomic E-state index is 0.639. The lowest BCUT2D eigenvalue weighted by molar-refractivity contribution is -0.347. The number of rotatable bonds is 2. The maximum absolute atomic E-state index is 5.39. The summed E-state index contributed by atoms with van der Waals surface area (Å²) in [5.41, 5.74) is 2.35. The van der Waals surface area contributed by atoms with E-state index in [0.29, 0.717) is 5.95 Å². The maximum Gasteiger partial charge on any atom is 0.305 e. The van der Waals surface area contributed by atoms with E-state index in [9.17, 15) is 0 Å². The van der Waals surface area contributed by atoms with Crippen LogP contribution in [-0.2, 0) is 0 Å². The van der Waals surface area contributed by atoms with Gasteiger partial charge in [-0.2, -0.15) is 4.98 Å². The molecule has 6 heteroatoms. The molecule has 0 radical (unpaired) electrons. The van der Waals surface area contributed by atoms with E-state index in [-0.39, 0.29) is 0 Å². The molecule has 0 unspecified atom stereocenters. The second-order valence-corrected chi connectivity index (χ2v) is 3.90. The zero-order chi connectivity index (χ0) is 11.8. The fraction of sp³-hybridized carbons (Fsp3) is 0.182. The topological polar surface area (TPSA) is 72.1 Å². The molecule has 0 aliphatic rings. The van der Waals surface area contributed by atoms with Gasteiger partial charge in [0.1, 0.15) is 0 Å². The normalized spacial score (nSPS) is 10.9. The van der Waals surface area contributed by atoms with Crippen molar-refractivity contribution in [3.63, 3.8) is 0 Å². The maximum atomic E-state index is 5.39. The van der Waals surface area contributed by atoms with Crippen LogP contribution in [0.25, 0.3) is 22.6 Å². The van der Waals surface area contributed by atoms with Gasteiger partial charge in [0.15, 0.2) is 17.8 Å². The van der Waals surface area contributed by atoms with Crippen LogP contribution >= 0.6 is 0 Å². The standard InChI is InChI=1S/C11H11N5O/c1-16(2)11-14-8(7-4-3-5-17-7)9-10(15-11)13-6-12-9/h3-6H,1-2H3,(H,12,13,14,15)/p+1. The van der Waals surface area contributed by atoms with Crippen LogP contribution in [0.15, 0.2) is 29.1 Å². The van der Waals surface area contributed by atoms with Gasteiger partial charge >= 0.3 is 11.6 Å². The summed E-state index contributed by atoms with van der Waals surface area (Å²) in [6, 6.07) is 3.72. The van der Waals surface area contributed by atoms with Crippen LogP contribution in [0.1, 0.15) is 0 Å². The van der Waals surface area contributed by atoms with Crippen molar-refractivity contribution in [3.8, 4) is 11.5 Å². The SMILES string of the molecule is CN(C)c1nc(-c2ccco2)c2[nH]c[nH+]c2n1. The van der Waals surface area contributed by atoms with Gasteiger partial charge in [0.25, 0.3) is 0 Å². The summed E-state index contributed by atoms with van der Waals surface area (Å²) in [6.45, 7) is 0. The van der Waals surface area contributed by atoms with Crippen molar-refractivity contribution in [2.24, 2.45) is 0 Å². The number of nitrogens with zero attached hydrogens (tertiary/aromatic N) is 3. The number of hydrogen-bond acceptors (Lipinski definition) is 4. The summed E-state index contributed by atoms with van der Waals surface area (Å²) in [6.07, 6.45) is 3.36. The van der Waals surface area contributed by atoms with Crippen molar-refractivity contribution in [2.75, 3.05) is 19.0 Å². The monoisotopic (exact) mass is 230 g/mol. The van der Waals surface area contributed by atoms with E-state index < -0.39 is 0 Å². The third-order valence-corrected chi connectivity index (χ3v) is 2.48. The number of anilines is 1. The molecule has 3 aromatic rings. The Labute approximate surface area is 97.3 Å². The number of nitrogens with one attached hydrogen (secondary N) is 2. The molecule has 0 spiro atoms. The molecule has 0 aliphatic carbocycles. The van der Waals surface area contributed by atoms with E-state index in [0.717, 1.165) is 22.6 Å². The largest absolute Gasteiger partial charge is 0.463 e. The third kappa shape index (κ3) is 1.54. The number of aromatic nitrogens is 4. The number of aromatic amines is 2. The number of furan rings is 1. The number of hydrogen-bond donors (Lipinski definition) is 1. The van der Waals surface area contributed by atoms with Crippen molar-refractivity contribution in [3.05, 3.63) is 24.7 Å². The van der Waals surface area contributed by atoms with E-state index in [1.807, 2.05) is 31.1 Å². The molecule has 0 fully saturated rings. The Kier molecular flexibility index (Phi) is 2.07. The molecule has 0 aliphatic heterocycles.